The molecule has 0 saturated heterocycles. The minimum Gasteiger partial charge on any atom is -0.435 e. The maximum atomic E-state index is 12.0. The third-order valence-electron chi connectivity index (χ3n) is 2.89. The molecule has 0 aliphatic rings. The maximum absolute atomic E-state index is 12.0. The second-order valence-electron chi connectivity index (χ2n) is 4.41. The number of carbonyl (C=O) groups excluding carboxylic acids is 1. The summed E-state index contributed by atoms with van der Waals surface area (Å²) < 4.78 is 28.3. The molecule has 2 aromatic rings. The first kappa shape index (κ1) is 15.8. The second kappa shape index (κ2) is 7.46. The first-order valence-electron chi connectivity index (χ1n) is 6.47. The summed E-state index contributed by atoms with van der Waals surface area (Å²) in [6.07, 6.45) is 2.03. The van der Waals surface area contributed by atoms with Crippen LogP contribution in [0.5, 0.6) is 5.75 Å². The van der Waals surface area contributed by atoms with E-state index >= 15 is 0 Å². The molecule has 1 unspecified atom stereocenters. The molecule has 1 heterocycles. The summed E-state index contributed by atoms with van der Waals surface area (Å²) in [5, 5.41) is 12.5. The van der Waals surface area contributed by atoms with E-state index in [9.17, 15) is 18.7 Å². The Balaban J connectivity index is 1.89. The summed E-state index contributed by atoms with van der Waals surface area (Å²) in [6.45, 7) is -2.90. The Kier molecular flexibility index (Phi) is 5.37. The third kappa shape index (κ3) is 4.49. The SMILES string of the molecule is O=C(NCC(O)c1ccc(OC(F)F)cc1)c1ccncc1. The zero-order valence-corrected chi connectivity index (χ0v) is 11.4. The van der Waals surface area contributed by atoms with Crippen molar-refractivity contribution in [3.8, 4) is 5.75 Å². The van der Waals surface area contributed by atoms with Gasteiger partial charge < -0.3 is 15.2 Å². The third-order valence-corrected chi connectivity index (χ3v) is 2.89. The van der Waals surface area contributed by atoms with Crippen LogP contribution < -0.4 is 10.1 Å². The van der Waals surface area contributed by atoms with Crippen molar-refractivity contribution in [3.63, 3.8) is 0 Å². The highest BCUT2D eigenvalue weighted by Gasteiger charge is 2.11. The lowest BCUT2D eigenvalue weighted by atomic mass is 10.1. The van der Waals surface area contributed by atoms with E-state index in [-0.39, 0.29) is 18.2 Å². The Morgan fingerprint density at radius 1 is 1.18 bits per heavy atom. The van der Waals surface area contributed by atoms with Crippen LogP contribution in [0, 0.1) is 0 Å². The van der Waals surface area contributed by atoms with E-state index in [1.165, 1.54) is 36.7 Å². The van der Waals surface area contributed by atoms with Crippen molar-refractivity contribution < 1.29 is 23.4 Å². The van der Waals surface area contributed by atoms with E-state index in [4.69, 9.17) is 0 Å². The zero-order chi connectivity index (χ0) is 15.9. The fourth-order valence-corrected chi connectivity index (χ4v) is 1.78. The van der Waals surface area contributed by atoms with Gasteiger partial charge >= 0.3 is 6.61 Å². The number of alkyl halides is 2. The number of carbonyl (C=O) groups is 1. The molecule has 0 aliphatic carbocycles. The number of nitrogens with zero attached hydrogens (tertiary/aromatic N) is 1. The van der Waals surface area contributed by atoms with Crippen molar-refractivity contribution >= 4 is 5.91 Å². The lowest BCUT2D eigenvalue weighted by Crippen LogP contribution is -2.28. The molecule has 0 spiro atoms. The highest BCUT2D eigenvalue weighted by atomic mass is 19.3. The number of hydrogen-bond acceptors (Lipinski definition) is 4. The number of hydrogen-bond donors (Lipinski definition) is 2. The first-order valence-corrected chi connectivity index (χ1v) is 6.47. The summed E-state index contributed by atoms with van der Waals surface area (Å²) in [5.41, 5.74) is 0.916. The maximum Gasteiger partial charge on any atom is 0.387 e. The quantitative estimate of drug-likeness (QED) is 0.858. The molecule has 2 rings (SSSR count). The minimum atomic E-state index is -2.89. The molecule has 0 saturated carbocycles. The molecule has 1 atom stereocenters. The summed E-state index contributed by atoms with van der Waals surface area (Å²) in [5.74, 6) is -0.328. The van der Waals surface area contributed by atoms with Gasteiger partial charge in [0.25, 0.3) is 5.91 Å². The van der Waals surface area contributed by atoms with E-state index < -0.39 is 12.7 Å². The van der Waals surface area contributed by atoms with Gasteiger partial charge in [0.2, 0.25) is 0 Å². The Bertz CT molecular complexity index is 606. The van der Waals surface area contributed by atoms with Gasteiger partial charge in [-0.2, -0.15) is 8.78 Å². The fourth-order valence-electron chi connectivity index (χ4n) is 1.78. The number of nitrogens with one attached hydrogen (secondary N) is 1. The van der Waals surface area contributed by atoms with Crippen LogP contribution in [0.3, 0.4) is 0 Å². The lowest BCUT2D eigenvalue weighted by molar-refractivity contribution is -0.0498. The second-order valence-corrected chi connectivity index (χ2v) is 4.41. The molecule has 5 nitrogen and oxygen atoms in total. The molecule has 1 amide bonds. The molecule has 0 aliphatic heterocycles. The highest BCUT2D eigenvalue weighted by Crippen LogP contribution is 2.19. The summed E-state index contributed by atoms with van der Waals surface area (Å²) in [4.78, 5) is 15.6. The minimum absolute atomic E-state index is 0.00376. The molecule has 2 N–H and O–H groups in total. The van der Waals surface area contributed by atoms with Gasteiger partial charge in [0.1, 0.15) is 5.75 Å². The Labute approximate surface area is 125 Å². The van der Waals surface area contributed by atoms with Gasteiger partial charge in [-0.05, 0) is 29.8 Å². The molecule has 0 radical (unpaired) electrons. The van der Waals surface area contributed by atoms with E-state index in [1.54, 1.807) is 12.1 Å². The van der Waals surface area contributed by atoms with Crippen LogP contribution in [-0.2, 0) is 0 Å². The van der Waals surface area contributed by atoms with Gasteiger partial charge in [0.05, 0.1) is 6.10 Å². The Morgan fingerprint density at radius 2 is 1.82 bits per heavy atom. The topological polar surface area (TPSA) is 71.5 Å². The number of aliphatic hydroxyl groups is 1. The highest BCUT2D eigenvalue weighted by molar-refractivity contribution is 5.93. The van der Waals surface area contributed by atoms with Gasteiger partial charge in [-0.15, -0.1) is 0 Å². The molecule has 0 fully saturated rings. The number of aromatic nitrogens is 1. The van der Waals surface area contributed by atoms with Gasteiger partial charge in [-0.3, -0.25) is 9.78 Å². The number of ether oxygens (including phenoxy) is 1. The van der Waals surface area contributed by atoms with Crippen molar-refractivity contribution in [3.05, 3.63) is 59.9 Å². The standard InChI is InChI=1S/C15H14F2N2O3/c16-15(17)22-12-3-1-10(2-4-12)13(20)9-19-14(21)11-5-7-18-8-6-11/h1-8,13,15,20H,9H2,(H,19,21). The molecule has 22 heavy (non-hydrogen) atoms. The van der Waals surface area contributed by atoms with Crippen molar-refractivity contribution in [2.75, 3.05) is 6.54 Å². The average Bonchev–Trinajstić information content (AvgIpc) is 2.53. The van der Waals surface area contributed by atoms with E-state index in [1.807, 2.05) is 0 Å². The van der Waals surface area contributed by atoms with Crippen molar-refractivity contribution in [1.29, 1.82) is 0 Å². The number of pyridine rings is 1. The van der Waals surface area contributed by atoms with Crippen LogP contribution >= 0.6 is 0 Å². The molecule has 7 heteroatoms. The Hall–Kier alpha value is -2.54. The number of rotatable bonds is 6. The first-order chi connectivity index (χ1) is 10.6. The number of aliphatic hydroxyl groups excluding tert-OH is 1. The van der Waals surface area contributed by atoms with Gasteiger partial charge in [-0.1, -0.05) is 12.1 Å². The summed E-state index contributed by atoms with van der Waals surface area (Å²) in [7, 11) is 0. The smallest absolute Gasteiger partial charge is 0.387 e. The monoisotopic (exact) mass is 308 g/mol. The van der Waals surface area contributed by atoms with Crippen LogP contribution in [0.2, 0.25) is 0 Å². The van der Waals surface area contributed by atoms with Crippen LogP contribution in [0.15, 0.2) is 48.8 Å². The summed E-state index contributed by atoms with van der Waals surface area (Å²) >= 11 is 0. The fraction of sp³-hybridized carbons (Fsp3) is 0.200. The largest absolute Gasteiger partial charge is 0.435 e. The number of halogens is 2. The summed E-state index contributed by atoms with van der Waals surface area (Å²) in [6, 6.07) is 8.68. The molecular weight excluding hydrogens is 294 g/mol. The molecule has 116 valence electrons. The molecule has 1 aromatic carbocycles. The lowest BCUT2D eigenvalue weighted by Gasteiger charge is -2.13. The predicted molar refractivity (Wildman–Crippen MR) is 74.6 cm³/mol. The predicted octanol–water partition coefficient (Wildman–Crippen LogP) is 2.15. The Morgan fingerprint density at radius 3 is 2.41 bits per heavy atom. The van der Waals surface area contributed by atoms with Gasteiger partial charge in [-0.25, -0.2) is 0 Å². The molecule has 0 bridgehead atoms. The molecular formula is C15H14F2N2O3. The van der Waals surface area contributed by atoms with Gasteiger partial charge in [0.15, 0.2) is 0 Å². The molecule has 1 aromatic heterocycles. The van der Waals surface area contributed by atoms with Crippen LogP contribution in [0.4, 0.5) is 8.78 Å². The average molecular weight is 308 g/mol. The van der Waals surface area contributed by atoms with Crippen LogP contribution in [-0.4, -0.2) is 29.2 Å². The number of benzene rings is 1. The van der Waals surface area contributed by atoms with E-state index in [0.717, 1.165) is 0 Å². The van der Waals surface area contributed by atoms with Crippen molar-refractivity contribution in [2.45, 2.75) is 12.7 Å². The van der Waals surface area contributed by atoms with Crippen LogP contribution in [0.25, 0.3) is 0 Å². The van der Waals surface area contributed by atoms with E-state index in [2.05, 4.69) is 15.0 Å². The van der Waals surface area contributed by atoms with Crippen molar-refractivity contribution in [2.24, 2.45) is 0 Å². The van der Waals surface area contributed by atoms with E-state index in [0.29, 0.717) is 11.1 Å². The van der Waals surface area contributed by atoms with Crippen molar-refractivity contribution in [1.82, 2.24) is 10.3 Å². The van der Waals surface area contributed by atoms with Crippen LogP contribution in [0.1, 0.15) is 22.0 Å². The zero-order valence-electron chi connectivity index (χ0n) is 11.4. The van der Waals surface area contributed by atoms with Gasteiger partial charge in [0, 0.05) is 24.5 Å². The normalized spacial score (nSPS) is 12.0. The number of amides is 1.